The van der Waals surface area contributed by atoms with E-state index in [-0.39, 0.29) is 6.04 Å². The van der Waals surface area contributed by atoms with E-state index in [0.717, 1.165) is 18.5 Å². The van der Waals surface area contributed by atoms with Crippen molar-refractivity contribution in [2.24, 2.45) is 11.7 Å². The Kier molecular flexibility index (Phi) is 3.88. The van der Waals surface area contributed by atoms with Crippen LogP contribution >= 0.6 is 11.3 Å². The van der Waals surface area contributed by atoms with E-state index in [9.17, 15) is 0 Å². The second kappa shape index (κ2) is 4.72. The van der Waals surface area contributed by atoms with E-state index >= 15 is 0 Å². The molecular weight excluding hydrogens is 180 g/mol. The van der Waals surface area contributed by atoms with Crippen LogP contribution in [-0.4, -0.2) is 4.98 Å². The van der Waals surface area contributed by atoms with Crippen LogP contribution in [0.25, 0.3) is 0 Å². The normalized spacial score (nSPS) is 13.6. The Morgan fingerprint density at radius 2 is 2.23 bits per heavy atom. The lowest BCUT2D eigenvalue weighted by Crippen LogP contribution is -2.09. The molecule has 0 aliphatic rings. The minimum atomic E-state index is 0.122. The monoisotopic (exact) mass is 198 g/mol. The van der Waals surface area contributed by atoms with Crippen molar-refractivity contribution in [3.8, 4) is 0 Å². The van der Waals surface area contributed by atoms with Crippen LogP contribution < -0.4 is 5.73 Å². The smallest absolute Gasteiger partial charge is 0.0931 e. The van der Waals surface area contributed by atoms with Crippen molar-refractivity contribution in [2.75, 3.05) is 0 Å². The molecule has 0 fully saturated rings. The zero-order valence-corrected chi connectivity index (χ0v) is 9.40. The SMILES string of the molecule is CCC(N)c1csc(CC(C)C)n1. The van der Waals surface area contributed by atoms with Crippen LogP contribution in [0.5, 0.6) is 0 Å². The first kappa shape index (κ1) is 10.7. The maximum absolute atomic E-state index is 5.88. The Balaban J connectivity index is 2.63. The Bertz CT molecular complexity index is 255. The highest BCUT2D eigenvalue weighted by Gasteiger charge is 2.08. The molecular formula is C10H18N2S. The third-order valence-electron chi connectivity index (χ3n) is 1.97. The van der Waals surface area contributed by atoms with E-state index in [4.69, 9.17) is 5.73 Å². The molecule has 3 heteroatoms. The van der Waals surface area contributed by atoms with Gasteiger partial charge in [-0.05, 0) is 12.3 Å². The molecule has 2 N–H and O–H groups in total. The van der Waals surface area contributed by atoms with E-state index in [2.05, 4.69) is 31.1 Å². The highest BCUT2D eigenvalue weighted by atomic mass is 32.1. The van der Waals surface area contributed by atoms with Gasteiger partial charge in [0, 0.05) is 17.8 Å². The Morgan fingerprint density at radius 3 is 2.77 bits per heavy atom. The first-order valence-corrected chi connectivity index (χ1v) is 5.71. The fourth-order valence-electron chi connectivity index (χ4n) is 1.15. The second-order valence-corrected chi connectivity index (χ2v) is 4.72. The quantitative estimate of drug-likeness (QED) is 0.808. The Hall–Kier alpha value is -0.410. The van der Waals surface area contributed by atoms with Gasteiger partial charge in [0.05, 0.1) is 10.7 Å². The zero-order chi connectivity index (χ0) is 9.84. The van der Waals surface area contributed by atoms with Crippen molar-refractivity contribution in [2.45, 2.75) is 39.7 Å². The molecule has 0 saturated carbocycles. The molecule has 0 spiro atoms. The summed E-state index contributed by atoms with van der Waals surface area (Å²) in [7, 11) is 0. The summed E-state index contributed by atoms with van der Waals surface area (Å²) >= 11 is 1.73. The summed E-state index contributed by atoms with van der Waals surface area (Å²) in [5.41, 5.74) is 6.94. The molecule has 0 aromatic carbocycles. The standard InChI is InChI=1S/C10H18N2S/c1-4-8(11)9-6-13-10(12-9)5-7(2)3/h6-8H,4-5,11H2,1-3H3. The predicted octanol–water partition coefficient (Wildman–Crippen LogP) is 2.75. The second-order valence-electron chi connectivity index (χ2n) is 3.78. The van der Waals surface area contributed by atoms with Crippen LogP contribution in [0, 0.1) is 5.92 Å². The van der Waals surface area contributed by atoms with Crippen LogP contribution in [-0.2, 0) is 6.42 Å². The lowest BCUT2D eigenvalue weighted by Gasteiger charge is -2.03. The molecule has 0 amide bonds. The molecule has 13 heavy (non-hydrogen) atoms. The number of nitrogens with zero attached hydrogens (tertiary/aromatic N) is 1. The third kappa shape index (κ3) is 3.08. The van der Waals surface area contributed by atoms with Crippen LogP contribution in [0.15, 0.2) is 5.38 Å². The minimum absolute atomic E-state index is 0.122. The van der Waals surface area contributed by atoms with Gasteiger partial charge < -0.3 is 5.73 Å². The predicted molar refractivity (Wildman–Crippen MR) is 57.9 cm³/mol. The highest BCUT2D eigenvalue weighted by Crippen LogP contribution is 2.19. The van der Waals surface area contributed by atoms with Gasteiger partial charge in [-0.3, -0.25) is 0 Å². The first-order valence-electron chi connectivity index (χ1n) is 4.83. The molecule has 0 aliphatic heterocycles. The number of rotatable bonds is 4. The van der Waals surface area contributed by atoms with E-state index in [0.29, 0.717) is 5.92 Å². The van der Waals surface area contributed by atoms with E-state index in [1.54, 1.807) is 11.3 Å². The Morgan fingerprint density at radius 1 is 1.54 bits per heavy atom. The fourth-order valence-corrected chi connectivity index (χ4v) is 2.22. The fraction of sp³-hybridized carbons (Fsp3) is 0.700. The van der Waals surface area contributed by atoms with Crippen LogP contribution in [0.2, 0.25) is 0 Å². The first-order chi connectivity index (χ1) is 6.13. The lowest BCUT2D eigenvalue weighted by molar-refractivity contribution is 0.633. The van der Waals surface area contributed by atoms with Crippen LogP contribution in [0.3, 0.4) is 0 Å². The lowest BCUT2D eigenvalue weighted by atomic mass is 10.1. The topological polar surface area (TPSA) is 38.9 Å². The molecule has 0 radical (unpaired) electrons. The van der Waals surface area contributed by atoms with Gasteiger partial charge in [-0.25, -0.2) is 4.98 Å². The van der Waals surface area contributed by atoms with E-state index < -0.39 is 0 Å². The summed E-state index contributed by atoms with van der Waals surface area (Å²) in [6.45, 7) is 6.51. The molecule has 1 aromatic heterocycles. The third-order valence-corrected chi connectivity index (χ3v) is 2.86. The molecule has 1 atom stereocenters. The minimum Gasteiger partial charge on any atom is -0.323 e. The molecule has 1 rings (SSSR count). The summed E-state index contributed by atoms with van der Waals surface area (Å²) in [6.07, 6.45) is 2.03. The summed E-state index contributed by atoms with van der Waals surface area (Å²) < 4.78 is 0. The van der Waals surface area contributed by atoms with Gasteiger partial charge >= 0.3 is 0 Å². The van der Waals surface area contributed by atoms with Gasteiger partial charge in [0.2, 0.25) is 0 Å². The van der Waals surface area contributed by atoms with E-state index in [1.807, 2.05) is 0 Å². The molecule has 0 aliphatic carbocycles. The number of hydrogen-bond acceptors (Lipinski definition) is 3. The maximum Gasteiger partial charge on any atom is 0.0931 e. The van der Waals surface area contributed by atoms with Gasteiger partial charge in [-0.2, -0.15) is 0 Å². The average Bonchev–Trinajstić information content (AvgIpc) is 2.50. The maximum atomic E-state index is 5.88. The van der Waals surface area contributed by atoms with Gasteiger partial charge in [0.15, 0.2) is 0 Å². The van der Waals surface area contributed by atoms with Crippen LogP contribution in [0.4, 0.5) is 0 Å². The molecule has 1 unspecified atom stereocenters. The van der Waals surface area contributed by atoms with Crippen molar-refractivity contribution >= 4 is 11.3 Å². The van der Waals surface area contributed by atoms with Crippen molar-refractivity contribution < 1.29 is 0 Å². The number of aromatic nitrogens is 1. The van der Waals surface area contributed by atoms with Gasteiger partial charge in [0.25, 0.3) is 0 Å². The van der Waals surface area contributed by atoms with Crippen molar-refractivity contribution in [1.29, 1.82) is 0 Å². The number of nitrogens with two attached hydrogens (primary N) is 1. The molecule has 74 valence electrons. The molecule has 2 nitrogen and oxygen atoms in total. The van der Waals surface area contributed by atoms with E-state index in [1.165, 1.54) is 5.01 Å². The molecule has 0 bridgehead atoms. The molecule has 1 heterocycles. The van der Waals surface area contributed by atoms with Crippen molar-refractivity contribution in [3.05, 3.63) is 16.1 Å². The van der Waals surface area contributed by atoms with Crippen molar-refractivity contribution in [1.82, 2.24) is 4.98 Å². The number of thiazole rings is 1. The number of hydrogen-bond donors (Lipinski definition) is 1. The Labute approximate surface area is 84.2 Å². The van der Waals surface area contributed by atoms with Crippen LogP contribution in [0.1, 0.15) is 43.9 Å². The highest BCUT2D eigenvalue weighted by molar-refractivity contribution is 7.09. The van der Waals surface area contributed by atoms with Gasteiger partial charge in [-0.1, -0.05) is 20.8 Å². The summed E-state index contributed by atoms with van der Waals surface area (Å²) in [5, 5.41) is 3.31. The zero-order valence-electron chi connectivity index (χ0n) is 8.58. The average molecular weight is 198 g/mol. The summed E-state index contributed by atoms with van der Waals surface area (Å²) in [5.74, 6) is 0.678. The largest absolute Gasteiger partial charge is 0.323 e. The summed E-state index contributed by atoms with van der Waals surface area (Å²) in [6, 6.07) is 0.122. The molecule has 0 saturated heterocycles. The van der Waals surface area contributed by atoms with Gasteiger partial charge in [-0.15, -0.1) is 11.3 Å². The summed E-state index contributed by atoms with van der Waals surface area (Å²) in [4.78, 5) is 4.51. The van der Waals surface area contributed by atoms with Gasteiger partial charge in [0.1, 0.15) is 0 Å². The molecule has 1 aromatic rings. The van der Waals surface area contributed by atoms with Crippen molar-refractivity contribution in [3.63, 3.8) is 0 Å².